The molecular weight excluding hydrogens is 264 g/mol. The van der Waals surface area contributed by atoms with Gasteiger partial charge in [0.15, 0.2) is 0 Å². The molecule has 0 aliphatic carbocycles. The Morgan fingerprint density at radius 3 is 2.55 bits per heavy atom. The lowest BCUT2D eigenvalue weighted by atomic mass is 10.2. The Labute approximate surface area is 115 Å². The van der Waals surface area contributed by atoms with Gasteiger partial charge in [-0.25, -0.2) is 9.59 Å². The van der Waals surface area contributed by atoms with E-state index in [2.05, 4.69) is 14.7 Å². The maximum Gasteiger partial charge on any atom is 0.535 e. The molecule has 0 spiro atoms. The second kappa shape index (κ2) is 8.26. The average Bonchev–Trinajstić information content (AvgIpc) is 2.47. The van der Waals surface area contributed by atoms with Gasteiger partial charge in [-0.1, -0.05) is 35.5 Å². The molecule has 1 aromatic rings. The molecule has 0 aliphatic heterocycles. The minimum atomic E-state index is -1.12. The summed E-state index contributed by atoms with van der Waals surface area (Å²) in [4.78, 5) is 26.7. The number of hydrogen-bond donors (Lipinski definition) is 0. The van der Waals surface area contributed by atoms with Gasteiger partial charge >= 0.3 is 12.1 Å². The number of benzene rings is 1. The van der Waals surface area contributed by atoms with Crippen LogP contribution in [0, 0.1) is 11.3 Å². The van der Waals surface area contributed by atoms with Crippen molar-refractivity contribution in [3.05, 3.63) is 35.9 Å². The second-order valence-corrected chi connectivity index (χ2v) is 3.39. The van der Waals surface area contributed by atoms with Crippen LogP contribution < -0.4 is 0 Å². The summed E-state index contributed by atoms with van der Waals surface area (Å²) in [5, 5.41) is 11.7. The van der Waals surface area contributed by atoms with Crippen molar-refractivity contribution in [2.24, 2.45) is 5.16 Å². The van der Waals surface area contributed by atoms with Gasteiger partial charge in [-0.3, -0.25) is 4.84 Å². The Balaban J connectivity index is 2.46. The molecule has 0 heterocycles. The number of ether oxygens (including phenoxy) is 2. The van der Waals surface area contributed by atoms with E-state index in [1.54, 1.807) is 31.2 Å². The van der Waals surface area contributed by atoms with Crippen molar-refractivity contribution >= 4 is 17.8 Å². The third-order valence-electron chi connectivity index (χ3n) is 1.99. The normalized spacial score (nSPS) is 10.3. The number of hydrogen-bond acceptors (Lipinski definition) is 7. The van der Waals surface area contributed by atoms with Gasteiger partial charge in [0.2, 0.25) is 0 Å². The predicted octanol–water partition coefficient (Wildman–Crippen LogP) is 1.78. The Morgan fingerprint density at radius 1 is 1.25 bits per heavy atom. The number of nitrogens with zero attached hydrogens (tertiary/aromatic N) is 2. The van der Waals surface area contributed by atoms with E-state index in [-0.39, 0.29) is 13.2 Å². The van der Waals surface area contributed by atoms with Gasteiger partial charge in [-0.15, -0.1) is 0 Å². The van der Waals surface area contributed by atoms with Crippen LogP contribution >= 0.6 is 0 Å². The zero-order chi connectivity index (χ0) is 14.8. The van der Waals surface area contributed by atoms with E-state index in [0.717, 1.165) is 5.56 Å². The van der Waals surface area contributed by atoms with Gasteiger partial charge in [-0.05, 0) is 12.5 Å². The summed E-state index contributed by atoms with van der Waals surface area (Å²) in [6, 6.07) is 10.4. The summed E-state index contributed by atoms with van der Waals surface area (Å²) in [6.45, 7) is 1.65. The highest BCUT2D eigenvalue weighted by Gasteiger charge is 2.14. The van der Waals surface area contributed by atoms with Gasteiger partial charge < -0.3 is 9.47 Å². The quantitative estimate of drug-likeness (QED) is 0.352. The molecule has 104 valence electrons. The molecule has 7 nitrogen and oxygen atoms in total. The van der Waals surface area contributed by atoms with Crippen LogP contribution in [0.5, 0.6) is 0 Å². The largest absolute Gasteiger partial charge is 0.535 e. The highest BCUT2D eigenvalue weighted by Crippen LogP contribution is 2.01. The van der Waals surface area contributed by atoms with Gasteiger partial charge in [0, 0.05) is 0 Å². The maximum absolute atomic E-state index is 11.2. The van der Waals surface area contributed by atoms with Crippen molar-refractivity contribution in [2.45, 2.75) is 13.5 Å². The number of carbonyl (C=O) groups excluding carboxylic acids is 2. The molecule has 0 atom stereocenters. The van der Waals surface area contributed by atoms with Crippen LogP contribution in [0.1, 0.15) is 12.5 Å². The zero-order valence-corrected chi connectivity index (χ0v) is 10.7. The summed E-state index contributed by atoms with van der Waals surface area (Å²) in [5.41, 5.74) is 0.0999. The fourth-order valence-electron chi connectivity index (χ4n) is 1.13. The van der Waals surface area contributed by atoms with E-state index < -0.39 is 17.8 Å². The molecule has 0 aliphatic rings. The van der Waals surface area contributed by atoms with E-state index in [1.165, 1.54) is 6.07 Å². The van der Waals surface area contributed by atoms with Crippen LogP contribution in [0.4, 0.5) is 4.79 Å². The molecule has 0 N–H and O–H groups in total. The average molecular weight is 276 g/mol. The maximum atomic E-state index is 11.2. The summed E-state index contributed by atoms with van der Waals surface area (Å²) in [5.74, 6) is -0.967. The smallest absolute Gasteiger partial charge is 0.461 e. The summed E-state index contributed by atoms with van der Waals surface area (Å²) < 4.78 is 9.27. The molecule has 0 unspecified atom stereocenters. The second-order valence-electron chi connectivity index (χ2n) is 3.39. The number of carbonyl (C=O) groups is 2. The van der Waals surface area contributed by atoms with Gasteiger partial charge in [-0.2, -0.15) is 5.26 Å². The third-order valence-corrected chi connectivity index (χ3v) is 1.99. The minimum Gasteiger partial charge on any atom is -0.461 e. The van der Waals surface area contributed by atoms with Crippen LogP contribution in [0.2, 0.25) is 0 Å². The first-order valence-electron chi connectivity index (χ1n) is 5.70. The number of oxime groups is 1. The molecule has 0 saturated carbocycles. The zero-order valence-electron chi connectivity index (χ0n) is 10.7. The van der Waals surface area contributed by atoms with Crippen molar-refractivity contribution in [1.82, 2.24) is 0 Å². The highest BCUT2D eigenvalue weighted by molar-refractivity contribution is 6.42. The van der Waals surface area contributed by atoms with E-state index in [1.807, 2.05) is 6.07 Å². The number of nitriles is 1. The molecular formula is C13H12N2O5. The molecule has 0 amide bonds. The topological polar surface area (TPSA) is 98.0 Å². The van der Waals surface area contributed by atoms with Crippen molar-refractivity contribution in [2.75, 3.05) is 6.61 Å². The lowest BCUT2D eigenvalue weighted by Crippen LogP contribution is -2.17. The standard InChI is InChI=1S/C13H12N2O5/c1-2-18-12(16)11(8-14)15-20-13(17)19-9-10-6-4-3-5-7-10/h3-7H,2,9H2,1H3/b15-11+. The van der Waals surface area contributed by atoms with Crippen molar-refractivity contribution in [3.8, 4) is 6.07 Å². The SMILES string of the molecule is CCOC(=O)/C(C#N)=N/OC(=O)OCc1ccccc1. The Hall–Kier alpha value is -2.88. The molecule has 7 heteroatoms. The monoisotopic (exact) mass is 276 g/mol. The molecule has 0 radical (unpaired) electrons. The van der Waals surface area contributed by atoms with Crippen LogP contribution in [0.3, 0.4) is 0 Å². The van der Waals surface area contributed by atoms with Crippen molar-refractivity contribution in [1.29, 1.82) is 5.26 Å². The third kappa shape index (κ3) is 5.18. The van der Waals surface area contributed by atoms with Crippen molar-refractivity contribution < 1.29 is 23.9 Å². The van der Waals surface area contributed by atoms with E-state index in [0.29, 0.717) is 0 Å². The molecule has 1 rings (SSSR count). The fraction of sp³-hybridized carbons (Fsp3) is 0.231. The highest BCUT2D eigenvalue weighted by atomic mass is 16.8. The number of esters is 1. The predicted molar refractivity (Wildman–Crippen MR) is 67.4 cm³/mol. The van der Waals surface area contributed by atoms with E-state index in [9.17, 15) is 9.59 Å². The van der Waals surface area contributed by atoms with Gasteiger partial charge in [0.05, 0.1) is 6.61 Å². The van der Waals surface area contributed by atoms with E-state index >= 15 is 0 Å². The van der Waals surface area contributed by atoms with Crippen LogP contribution in [0.15, 0.2) is 35.5 Å². The Kier molecular flexibility index (Phi) is 6.27. The lowest BCUT2D eigenvalue weighted by molar-refractivity contribution is -0.135. The molecule has 1 aromatic carbocycles. The summed E-state index contributed by atoms with van der Waals surface area (Å²) >= 11 is 0. The first-order chi connectivity index (χ1) is 9.67. The molecule has 0 fully saturated rings. The first kappa shape index (κ1) is 15.2. The van der Waals surface area contributed by atoms with Gasteiger partial charge in [0.25, 0.3) is 5.71 Å². The lowest BCUT2D eigenvalue weighted by Gasteiger charge is -2.02. The summed E-state index contributed by atoms with van der Waals surface area (Å²) in [6.07, 6.45) is -1.12. The van der Waals surface area contributed by atoms with Gasteiger partial charge in [0.1, 0.15) is 12.7 Å². The minimum absolute atomic E-state index is 0.00349. The Morgan fingerprint density at radius 2 is 1.95 bits per heavy atom. The fourth-order valence-corrected chi connectivity index (χ4v) is 1.13. The van der Waals surface area contributed by atoms with Crippen LogP contribution in [-0.4, -0.2) is 24.4 Å². The molecule has 0 saturated heterocycles. The molecule has 0 bridgehead atoms. The van der Waals surface area contributed by atoms with Crippen molar-refractivity contribution in [3.63, 3.8) is 0 Å². The molecule has 0 aromatic heterocycles. The Bertz CT molecular complexity index is 533. The first-order valence-corrected chi connectivity index (χ1v) is 5.70. The van der Waals surface area contributed by atoms with E-state index in [4.69, 9.17) is 10.00 Å². The van der Waals surface area contributed by atoms with Crippen LogP contribution in [0.25, 0.3) is 0 Å². The summed E-state index contributed by atoms with van der Waals surface area (Å²) in [7, 11) is 0. The van der Waals surface area contributed by atoms with Crippen LogP contribution in [-0.2, 0) is 25.7 Å². The number of rotatable bonds is 5. The molecule has 20 heavy (non-hydrogen) atoms.